The maximum absolute atomic E-state index is 12.5. The van der Waals surface area contributed by atoms with Gasteiger partial charge in [-0.2, -0.15) is 0 Å². The van der Waals surface area contributed by atoms with Gasteiger partial charge in [0.2, 0.25) is 0 Å². The van der Waals surface area contributed by atoms with Crippen LogP contribution in [0.1, 0.15) is 67.6 Å². The first-order valence-corrected chi connectivity index (χ1v) is 13.9. The summed E-state index contributed by atoms with van der Waals surface area (Å²) in [6, 6.07) is 16.2. The van der Waals surface area contributed by atoms with Crippen LogP contribution in [-0.2, 0) is 14.3 Å². The third kappa shape index (κ3) is 6.64. The quantitative estimate of drug-likeness (QED) is 0.291. The lowest BCUT2D eigenvalue weighted by molar-refractivity contribution is -0.140. The Labute approximate surface area is 229 Å². The normalized spacial score (nSPS) is 16.3. The summed E-state index contributed by atoms with van der Waals surface area (Å²) in [5.41, 5.74) is 2.99. The minimum Gasteiger partial charge on any atom is -0.486 e. The standard InChI is InChI=1S/C32H37NO6/c1-21-15-29-30(38-14-13-37-29)18-27(21)28(19-32(35)36-2)23-10-9-22-11-12-26(17-24(22)16-23)39-20-31(34)33-25-7-5-3-4-6-8-25/h9-12,15-18,25,28H,3-8,13-14,19-20H2,1-2H3,(H,33,34). The molecule has 1 atom stereocenters. The zero-order chi connectivity index (χ0) is 27.2. The van der Waals surface area contributed by atoms with Crippen LogP contribution < -0.4 is 19.5 Å². The van der Waals surface area contributed by atoms with E-state index < -0.39 is 0 Å². The molecule has 2 aliphatic rings. The summed E-state index contributed by atoms with van der Waals surface area (Å²) < 4.78 is 22.5. The van der Waals surface area contributed by atoms with Gasteiger partial charge in [-0.05, 0) is 71.5 Å². The fraction of sp³-hybridized carbons (Fsp3) is 0.438. The number of nitrogens with one attached hydrogen (secondary N) is 1. The Bertz CT molecular complexity index is 1330. The molecule has 3 aromatic rings. The summed E-state index contributed by atoms with van der Waals surface area (Å²) >= 11 is 0. The van der Waals surface area contributed by atoms with Gasteiger partial charge in [0.25, 0.3) is 5.91 Å². The van der Waals surface area contributed by atoms with E-state index in [1.807, 2.05) is 49.4 Å². The molecular weight excluding hydrogens is 494 g/mol. The van der Waals surface area contributed by atoms with Crippen molar-refractivity contribution in [3.63, 3.8) is 0 Å². The highest BCUT2D eigenvalue weighted by molar-refractivity contribution is 5.85. The first-order valence-electron chi connectivity index (χ1n) is 13.9. The third-order valence-electron chi connectivity index (χ3n) is 7.73. The van der Waals surface area contributed by atoms with Crippen molar-refractivity contribution in [2.75, 3.05) is 26.9 Å². The summed E-state index contributed by atoms with van der Waals surface area (Å²) in [5, 5.41) is 5.15. The van der Waals surface area contributed by atoms with E-state index in [-0.39, 0.29) is 36.9 Å². The van der Waals surface area contributed by atoms with Crippen LogP contribution in [0.5, 0.6) is 17.2 Å². The Morgan fingerprint density at radius 3 is 2.38 bits per heavy atom. The average molecular weight is 532 g/mol. The molecule has 0 bridgehead atoms. The van der Waals surface area contributed by atoms with Gasteiger partial charge in [0.15, 0.2) is 18.1 Å². The number of rotatable bonds is 8. The van der Waals surface area contributed by atoms with E-state index in [2.05, 4.69) is 11.4 Å². The number of amides is 1. The second kappa shape index (κ2) is 12.4. The zero-order valence-corrected chi connectivity index (χ0v) is 22.8. The fourth-order valence-corrected chi connectivity index (χ4v) is 5.63. The predicted molar refractivity (Wildman–Crippen MR) is 150 cm³/mol. The number of aryl methyl sites for hydroxylation is 1. The van der Waals surface area contributed by atoms with Crippen molar-refractivity contribution in [3.8, 4) is 17.2 Å². The van der Waals surface area contributed by atoms with Gasteiger partial charge in [0, 0.05) is 12.0 Å². The van der Waals surface area contributed by atoms with Crippen LogP contribution in [0.3, 0.4) is 0 Å². The molecule has 0 radical (unpaired) electrons. The number of ether oxygens (including phenoxy) is 4. The molecule has 0 saturated heterocycles. The number of carbonyl (C=O) groups is 2. The van der Waals surface area contributed by atoms with E-state index >= 15 is 0 Å². The molecule has 7 nitrogen and oxygen atoms in total. The van der Waals surface area contributed by atoms with Gasteiger partial charge in [-0.25, -0.2) is 0 Å². The molecule has 1 saturated carbocycles. The van der Waals surface area contributed by atoms with Gasteiger partial charge < -0.3 is 24.3 Å². The van der Waals surface area contributed by atoms with Gasteiger partial charge in [-0.15, -0.1) is 0 Å². The second-order valence-corrected chi connectivity index (χ2v) is 10.5. The van der Waals surface area contributed by atoms with Crippen molar-refractivity contribution in [3.05, 3.63) is 65.2 Å². The molecule has 206 valence electrons. The monoisotopic (exact) mass is 531 g/mol. The maximum Gasteiger partial charge on any atom is 0.306 e. The average Bonchev–Trinajstić information content (AvgIpc) is 3.22. The van der Waals surface area contributed by atoms with Crippen LogP contribution in [0.15, 0.2) is 48.5 Å². The van der Waals surface area contributed by atoms with Crippen molar-refractivity contribution < 1.29 is 28.5 Å². The molecule has 1 amide bonds. The van der Waals surface area contributed by atoms with Crippen molar-refractivity contribution >= 4 is 22.6 Å². The third-order valence-corrected chi connectivity index (χ3v) is 7.73. The van der Waals surface area contributed by atoms with Crippen molar-refractivity contribution in [2.45, 2.75) is 63.8 Å². The van der Waals surface area contributed by atoms with Crippen molar-refractivity contribution in [1.82, 2.24) is 5.32 Å². The van der Waals surface area contributed by atoms with Gasteiger partial charge in [-0.3, -0.25) is 9.59 Å². The molecule has 1 N–H and O–H groups in total. The molecule has 7 heteroatoms. The maximum atomic E-state index is 12.5. The second-order valence-electron chi connectivity index (χ2n) is 10.5. The van der Waals surface area contributed by atoms with Crippen molar-refractivity contribution in [2.24, 2.45) is 0 Å². The van der Waals surface area contributed by atoms with E-state index in [4.69, 9.17) is 18.9 Å². The molecule has 39 heavy (non-hydrogen) atoms. The molecule has 1 fully saturated rings. The Morgan fingerprint density at radius 1 is 0.923 bits per heavy atom. The van der Waals surface area contributed by atoms with Gasteiger partial charge >= 0.3 is 5.97 Å². The fourth-order valence-electron chi connectivity index (χ4n) is 5.63. The Hall–Kier alpha value is -3.74. The van der Waals surface area contributed by atoms with Crippen LogP contribution in [0.4, 0.5) is 0 Å². The minimum atomic E-state index is -0.286. The first-order chi connectivity index (χ1) is 19.0. The smallest absolute Gasteiger partial charge is 0.306 e. The summed E-state index contributed by atoms with van der Waals surface area (Å²) in [6.45, 7) is 3.03. The van der Waals surface area contributed by atoms with Gasteiger partial charge in [-0.1, -0.05) is 49.9 Å². The van der Waals surface area contributed by atoms with E-state index in [1.54, 1.807) is 0 Å². The molecule has 0 aromatic heterocycles. The molecule has 1 aliphatic carbocycles. The van der Waals surface area contributed by atoms with E-state index in [1.165, 1.54) is 32.8 Å². The Kier molecular flexibility index (Phi) is 8.54. The Balaban J connectivity index is 1.37. The number of benzene rings is 3. The minimum absolute atomic E-state index is 0.0109. The van der Waals surface area contributed by atoms with Gasteiger partial charge in [0.1, 0.15) is 19.0 Å². The number of hydrogen-bond acceptors (Lipinski definition) is 6. The van der Waals surface area contributed by atoms with Gasteiger partial charge in [0.05, 0.1) is 13.5 Å². The molecular formula is C32H37NO6. The Morgan fingerprint density at radius 2 is 1.64 bits per heavy atom. The lowest BCUT2D eigenvalue weighted by Crippen LogP contribution is -2.37. The lowest BCUT2D eigenvalue weighted by atomic mass is 9.85. The highest BCUT2D eigenvalue weighted by Gasteiger charge is 2.24. The van der Waals surface area contributed by atoms with Crippen LogP contribution in [0, 0.1) is 6.92 Å². The molecule has 5 rings (SSSR count). The SMILES string of the molecule is COC(=O)CC(c1ccc2ccc(OCC(=O)NC3CCCCCC3)cc2c1)c1cc2c(cc1C)OCCO2. The van der Waals surface area contributed by atoms with E-state index in [0.717, 1.165) is 46.1 Å². The number of hydrogen-bond donors (Lipinski definition) is 1. The first kappa shape index (κ1) is 26.9. The summed E-state index contributed by atoms with van der Waals surface area (Å²) in [4.78, 5) is 25.0. The van der Waals surface area contributed by atoms with Crippen LogP contribution in [0.25, 0.3) is 10.8 Å². The highest BCUT2D eigenvalue weighted by Crippen LogP contribution is 2.40. The number of carbonyl (C=O) groups excluding carboxylic acids is 2. The summed E-state index contributed by atoms with van der Waals surface area (Å²) in [6.07, 6.45) is 7.11. The van der Waals surface area contributed by atoms with Crippen LogP contribution in [0.2, 0.25) is 0 Å². The predicted octanol–water partition coefficient (Wildman–Crippen LogP) is 5.83. The summed E-state index contributed by atoms with van der Waals surface area (Å²) in [5.74, 6) is 1.45. The molecule has 0 spiro atoms. The largest absolute Gasteiger partial charge is 0.486 e. The zero-order valence-electron chi connectivity index (χ0n) is 22.8. The van der Waals surface area contributed by atoms with E-state index in [9.17, 15) is 9.59 Å². The number of esters is 1. The highest BCUT2D eigenvalue weighted by atomic mass is 16.6. The molecule has 1 heterocycles. The van der Waals surface area contributed by atoms with Crippen LogP contribution >= 0.6 is 0 Å². The van der Waals surface area contributed by atoms with Crippen LogP contribution in [-0.4, -0.2) is 44.8 Å². The van der Waals surface area contributed by atoms with E-state index in [0.29, 0.717) is 24.7 Å². The number of fused-ring (bicyclic) bond motifs is 2. The summed E-state index contributed by atoms with van der Waals surface area (Å²) in [7, 11) is 1.41. The lowest BCUT2D eigenvalue weighted by Gasteiger charge is -2.24. The van der Waals surface area contributed by atoms with Crippen molar-refractivity contribution in [1.29, 1.82) is 0 Å². The molecule has 3 aromatic carbocycles. The molecule has 1 unspecified atom stereocenters. The number of methoxy groups -OCH3 is 1. The topological polar surface area (TPSA) is 83.1 Å². The molecule has 1 aliphatic heterocycles.